The molecule has 140 valence electrons. The predicted octanol–water partition coefficient (Wildman–Crippen LogP) is 4.30. The second kappa shape index (κ2) is 7.64. The van der Waals surface area contributed by atoms with Gasteiger partial charge in [-0.05, 0) is 65.7 Å². The minimum atomic E-state index is -0.711. The van der Waals surface area contributed by atoms with Gasteiger partial charge in [0, 0.05) is 11.0 Å². The van der Waals surface area contributed by atoms with E-state index in [0.29, 0.717) is 0 Å². The molecule has 25 heavy (non-hydrogen) atoms. The summed E-state index contributed by atoms with van der Waals surface area (Å²) < 4.78 is 12.6. The third-order valence-corrected chi connectivity index (χ3v) is 4.58. The summed E-state index contributed by atoms with van der Waals surface area (Å²) in [7, 11) is 0. The van der Waals surface area contributed by atoms with Crippen LogP contribution in [0.25, 0.3) is 0 Å². The maximum absolute atomic E-state index is 12.7. The molecule has 1 fully saturated rings. The van der Waals surface area contributed by atoms with E-state index in [1.165, 1.54) is 5.56 Å². The Labute approximate surface area is 159 Å². The number of amides is 1. The van der Waals surface area contributed by atoms with Crippen LogP contribution in [0.4, 0.5) is 4.79 Å². The quantitative estimate of drug-likeness (QED) is 0.800. The smallest absolute Gasteiger partial charge is 0.413 e. The SMILES string of the molecule is C[C@H]1OC(C)(C)N(C(=O)OC(C)(C)C)[C@H]1NCCc1ccc(Br)cc1. The van der Waals surface area contributed by atoms with Crippen molar-refractivity contribution in [3.05, 3.63) is 34.3 Å². The van der Waals surface area contributed by atoms with E-state index < -0.39 is 11.3 Å². The second-order valence-corrected chi connectivity index (χ2v) is 8.81. The molecule has 1 N–H and O–H groups in total. The minimum absolute atomic E-state index is 0.118. The van der Waals surface area contributed by atoms with Gasteiger partial charge in [-0.1, -0.05) is 28.1 Å². The van der Waals surface area contributed by atoms with E-state index in [4.69, 9.17) is 9.47 Å². The van der Waals surface area contributed by atoms with Gasteiger partial charge in [0.1, 0.15) is 17.5 Å². The molecule has 1 heterocycles. The van der Waals surface area contributed by atoms with Crippen LogP contribution in [0.5, 0.6) is 0 Å². The van der Waals surface area contributed by atoms with Crippen molar-refractivity contribution >= 4 is 22.0 Å². The lowest BCUT2D eigenvalue weighted by atomic mass is 10.1. The van der Waals surface area contributed by atoms with Crippen molar-refractivity contribution in [1.82, 2.24) is 10.2 Å². The van der Waals surface area contributed by atoms with Gasteiger partial charge < -0.3 is 9.47 Å². The molecule has 0 spiro atoms. The summed E-state index contributed by atoms with van der Waals surface area (Å²) >= 11 is 3.45. The first kappa shape index (κ1) is 20.2. The van der Waals surface area contributed by atoms with Gasteiger partial charge in [-0.3, -0.25) is 10.2 Å². The van der Waals surface area contributed by atoms with Crippen LogP contribution in [0.15, 0.2) is 28.7 Å². The minimum Gasteiger partial charge on any atom is -0.444 e. The van der Waals surface area contributed by atoms with Crippen molar-refractivity contribution in [3.8, 4) is 0 Å². The molecule has 0 aliphatic carbocycles. The molecule has 1 aromatic rings. The van der Waals surface area contributed by atoms with Crippen LogP contribution in [-0.2, 0) is 15.9 Å². The molecule has 0 radical (unpaired) electrons. The van der Waals surface area contributed by atoms with Gasteiger partial charge in [0.05, 0.1) is 6.10 Å². The van der Waals surface area contributed by atoms with Gasteiger partial charge in [-0.15, -0.1) is 0 Å². The molecule has 1 aromatic carbocycles. The van der Waals surface area contributed by atoms with Crippen molar-refractivity contribution < 1.29 is 14.3 Å². The van der Waals surface area contributed by atoms with E-state index in [0.717, 1.165) is 17.4 Å². The molecule has 1 aliphatic rings. The standard InChI is InChI=1S/C19H29BrN2O3/c1-13-16(21-12-11-14-7-9-15(20)10-8-14)22(19(5,6)24-13)17(23)25-18(2,3)4/h7-10,13,16,21H,11-12H2,1-6H3/t13-,16-/m1/s1. The molecule has 0 bridgehead atoms. The number of ether oxygens (including phenoxy) is 2. The van der Waals surface area contributed by atoms with Gasteiger partial charge in [-0.2, -0.15) is 0 Å². The van der Waals surface area contributed by atoms with E-state index in [9.17, 15) is 4.79 Å². The Bertz CT molecular complexity index is 596. The Morgan fingerprint density at radius 1 is 1.32 bits per heavy atom. The molecule has 2 rings (SSSR count). The van der Waals surface area contributed by atoms with Crippen molar-refractivity contribution in [1.29, 1.82) is 0 Å². The molecule has 6 heteroatoms. The molecular formula is C19H29BrN2O3. The highest BCUT2D eigenvalue weighted by Gasteiger charge is 2.49. The van der Waals surface area contributed by atoms with Crippen molar-refractivity contribution in [3.63, 3.8) is 0 Å². The number of nitrogens with zero attached hydrogens (tertiary/aromatic N) is 1. The van der Waals surface area contributed by atoms with Gasteiger partial charge in [-0.25, -0.2) is 4.79 Å². The van der Waals surface area contributed by atoms with Gasteiger partial charge in [0.25, 0.3) is 0 Å². The average molecular weight is 413 g/mol. The summed E-state index contributed by atoms with van der Waals surface area (Å²) in [5, 5.41) is 3.46. The Morgan fingerprint density at radius 3 is 2.48 bits per heavy atom. The summed E-state index contributed by atoms with van der Waals surface area (Å²) in [4.78, 5) is 14.4. The first-order valence-electron chi connectivity index (χ1n) is 8.67. The molecule has 1 amide bonds. The van der Waals surface area contributed by atoms with E-state index in [-0.39, 0.29) is 18.4 Å². The van der Waals surface area contributed by atoms with Gasteiger partial charge >= 0.3 is 6.09 Å². The van der Waals surface area contributed by atoms with Crippen molar-refractivity contribution in [2.75, 3.05) is 6.54 Å². The molecule has 5 nitrogen and oxygen atoms in total. The summed E-state index contributed by atoms with van der Waals surface area (Å²) in [6, 6.07) is 8.26. The Morgan fingerprint density at radius 2 is 1.92 bits per heavy atom. The Balaban J connectivity index is 2.02. The van der Waals surface area contributed by atoms with E-state index in [1.807, 2.05) is 53.7 Å². The van der Waals surface area contributed by atoms with E-state index in [1.54, 1.807) is 4.90 Å². The monoisotopic (exact) mass is 412 g/mol. The third kappa shape index (κ3) is 5.43. The van der Waals surface area contributed by atoms with Crippen LogP contribution < -0.4 is 5.32 Å². The maximum atomic E-state index is 12.7. The van der Waals surface area contributed by atoms with Crippen LogP contribution in [0, 0.1) is 0 Å². The lowest BCUT2D eigenvalue weighted by molar-refractivity contribution is -0.0759. The van der Waals surface area contributed by atoms with Crippen LogP contribution >= 0.6 is 15.9 Å². The number of nitrogens with one attached hydrogen (secondary N) is 1. The largest absolute Gasteiger partial charge is 0.444 e. The highest BCUT2D eigenvalue weighted by molar-refractivity contribution is 9.10. The highest BCUT2D eigenvalue weighted by atomic mass is 79.9. The van der Waals surface area contributed by atoms with E-state index >= 15 is 0 Å². The van der Waals surface area contributed by atoms with Gasteiger partial charge in [0.15, 0.2) is 0 Å². The van der Waals surface area contributed by atoms with Crippen LogP contribution in [0.1, 0.15) is 47.1 Å². The molecule has 1 saturated heterocycles. The number of carbonyl (C=O) groups excluding carboxylic acids is 1. The summed E-state index contributed by atoms with van der Waals surface area (Å²) in [5.74, 6) is 0. The predicted molar refractivity (Wildman–Crippen MR) is 102 cm³/mol. The fraction of sp³-hybridized carbons (Fsp3) is 0.632. The highest BCUT2D eigenvalue weighted by Crippen LogP contribution is 2.32. The van der Waals surface area contributed by atoms with Gasteiger partial charge in [0.2, 0.25) is 0 Å². The summed E-state index contributed by atoms with van der Waals surface area (Å²) in [6.45, 7) is 12.1. The van der Waals surface area contributed by atoms with Crippen molar-refractivity contribution in [2.45, 2.75) is 71.6 Å². The zero-order valence-electron chi connectivity index (χ0n) is 15.9. The molecule has 0 unspecified atom stereocenters. The first-order valence-corrected chi connectivity index (χ1v) is 9.47. The molecule has 0 aromatic heterocycles. The molecular weight excluding hydrogens is 384 g/mol. The normalized spacial score (nSPS) is 22.9. The molecule has 1 aliphatic heterocycles. The second-order valence-electron chi connectivity index (χ2n) is 7.90. The number of hydrogen-bond acceptors (Lipinski definition) is 4. The maximum Gasteiger partial charge on any atom is 0.413 e. The number of hydrogen-bond donors (Lipinski definition) is 1. The third-order valence-electron chi connectivity index (χ3n) is 4.05. The fourth-order valence-corrected chi connectivity index (χ4v) is 3.30. The average Bonchev–Trinajstić information content (AvgIpc) is 2.68. The van der Waals surface area contributed by atoms with Crippen molar-refractivity contribution in [2.24, 2.45) is 0 Å². The Hall–Kier alpha value is -1.11. The number of carbonyl (C=O) groups is 1. The zero-order valence-corrected chi connectivity index (χ0v) is 17.5. The number of benzene rings is 1. The lowest BCUT2D eigenvalue weighted by Crippen LogP contribution is -2.55. The lowest BCUT2D eigenvalue weighted by Gasteiger charge is -2.35. The fourth-order valence-electron chi connectivity index (χ4n) is 3.04. The Kier molecular flexibility index (Phi) is 6.17. The van der Waals surface area contributed by atoms with Crippen LogP contribution in [0.2, 0.25) is 0 Å². The first-order chi connectivity index (χ1) is 11.5. The molecule has 2 atom stereocenters. The summed E-state index contributed by atoms with van der Waals surface area (Å²) in [5.41, 5.74) is -0.0109. The van der Waals surface area contributed by atoms with Crippen LogP contribution in [-0.4, -0.2) is 41.1 Å². The molecule has 0 saturated carbocycles. The number of rotatable bonds is 4. The number of halogens is 1. The summed E-state index contributed by atoms with van der Waals surface area (Å²) in [6.07, 6.45) is 0.176. The zero-order chi connectivity index (χ0) is 18.8. The topological polar surface area (TPSA) is 50.8 Å². The van der Waals surface area contributed by atoms with E-state index in [2.05, 4.69) is 33.4 Å². The van der Waals surface area contributed by atoms with Crippen LogP contribution in [0.3, 0.4) is 0 Å².